The van der Waals surface area contributed by atoms with Gasteiger partial charge in [0.2, 0.25) is 0 Å². The van der Waals surface area contributed by atoms with Crippen LogP contribution >= 0.6 is 0 Å². The summed E-state index contributed by atoms with van der Waals surface area (Å²) in [5.74, 6) is -4.31. The molecule has 0 unspecified atom stereocenters. The second-order valence-electron chi connectivity index (χ2n) is 8.21. The van der Waals surface area contributed by atoms with E-state index in [1.807, 2.05) is 13.8 Å². The van der Waals surface area contributed by atoms with Crippen LogP contribution in [0.2, 0.25) is 0 Å². The Labute approximate surface area is 178 Å². The molecule has 0 bridgehead atoms. The van der Waals surface area contributed by atoms with Crippen molar-refractivity contribution in [3.8, 4) is 0 Å². The second kappa shape index (κ2) is 6.94. The normalized spacial score (nSPS) is 17.6. The summed E-state index contributed by atoms with van der Waals surface area (Å²) in [6.45, 7) is 6.19. The molecule has 0 saturated carbocycles. The second-order valence-corrected chi connectivity index (χ2v) is 8.21. The van der Waals surface area contributed by atoms with Crippen molar-refractivity contribution in [2.45, 2.75) is 54.4 Å². The Kier molecular flexibility index (Phi) is 4.83. The van der Waals surface area contributed by atoms with E-state index in [1.54, 1.807) is 27.7 Å². The molecule has 0 N–H and O–H groups in total. The van der Waals surface area contributed by atoms with Gasteiger partial charge in [0, 0.05) is 29.3 Å². The zero-order chi connectivity index (χ0) is 23.0. The fourth-order valence-corrected chi connectivity index (χ4v) is 5.45. The van der Waals surface area contributed by atoms with Crippen molar-refractivity contribution in [3.05, 3.63) is 74.5 Å². The van der Waals surface area contributed by atoms with Gasteiger partial charge in [-0.3, -0.25) is 0 Å². The Morgan fingerprint density at radius 2 is 1.58 bits per heavy atom. The van der Waals surface area contributed by atoms with Gasteiger partial charge < -0.3 is 17.6 Å². The van der Waals surface area contributed by atoms with E-state index >= 15 is 13.0 Å². The van der Waals surface area contributed by atoms with E-state index in [2.05, 4.69) is 0 Å². The van der Waals surface area contributed by atoms with Crippen molar-refractivity contribution in [1.82, 2.24) is 4.48 Å². The molecule has 0 saturated heterocycles. The van der Waals surface area contributed by atoms with Crippen LogP contribution in [0.5, 0.6) is 0 Å². The van der Waals surface area contributed by atoms with Crippen LogP contribution in [0.25, 0.3) is 5.57 Å². The van der Waals surface area contributed by atoms with Crippen LogP contribution in [0.1, 0.15) is 62.2 Å². The number of hydrogen-bond acceptors (Lipinski definition) is 0. The van der Waals surface area contributed by atoms with Gasteiger partial charge in [0.05, 0.1) is 5.57 Å². The molecule has 2 aromatic rings. The predicted octanol–water partition coefficient (Wildman–Crippen LogP) is 6.29. The molecule has 2 aliphatic heterocycles. The van der Waals surface area contributed by atoms with Gasteiger partial charge in [0.1, 0.15) is 5.71 Å². The molecule has 2 aliphatic rings. The Morgan fingerprint density at radius 3 is 2.16 bits per heavy atom. The Bertz CT molecular complexity index is 1250. The fourth-order valence-electron chi connectivity index (χ4n) is 5.45. The predicted molar refractivity (Wildman–Crippen MR) is 113 cm³/mol. The molecule has 0 atom stereocenters. The smallest absolute Gasteiger partial charge is 0.393 e. The van der Waals surface area contributed by atoms with Crippen LogP contribution in [-0.2, 0) is 6.42 Å². The summed E-state index contributed by atoms with van der Waals surface area (Å²) in [6, 6.07) is 1.97. The summed E-state index contributed by atoms with van der Waals surface area (Å²) in [4.78, 5) is 0. The SMILES string of the molecule is CCC1=C(C)C2=C(c3ccc(F)c(F)c3F)c3c(C)c(CC)c(C)n3[B-](F)(F)[N+]2=C1C. The molecular formula is C23H24BF5N2. The van der Waals surface area contributed by atoms with Gasteiger partial charge in [-0.1, -0.05) is 13.8 Å². The highest BCUT2D eigenvalue weighted by molar-refractivity contribution is 6.58. The minimum absolute atomic E-state index is 0.167. The number of halogens is 5. The third-order valence-electron chi connectivity index (χ3n) is 6.80. The molecule has 164 valence electrons. The highest BCUT2D eigenvalue weighted by Gasteiger charge is 2.57. The summed E-state index contributed by atoms with van der Waals surface area (Å²) in [6.07, 6.45) is 1.04. The van der Waals surface area contributed by atoms with Gasteiger partial charge in [-0.25, -0.2) is 13.2 Å². The molecule has 0 fully saturated rings. The molecule has 1 aromatic heterocycles. The molecule has 1 aromatic carbocycles. The van der Waals surface area contributed by atoms with Crippen LogP contribution in [-0.4, -0.2) is 21.6 Å². The number of hydrogen-bond donors (Lipinski definition) is 0. The van der Waals surface area contributed by atoms with E-state index < -0.39 is 24.4 Å². The first kappa shape index (κ1) is 21.6. The van der Waals surface area contributed by atoms with Crippen molar-refractivity contribution in [2.75, 3.05) is 0 Å². The standard InChI is InChI=1S/C23H24BF5N2/c1-7-15-11(3)22-19(17-9-10-18(25)21(27)20(17)26)23-12(4)16(8-2)14(6)31(23)24(28,29)30(22)13(15)5/h9-10H,7-8H2,1-6H3. The average Bonchev–Trinajstić information content (AvgIpc) is 3.12. The fraction of sp³-hybridized carbons (Fsp3) is 0.348. The largest absolute Gasteiger partial charge is 0.737 e. The lowest BCUT2D eigenvalue weighted by molar-refractivity contribution is -0.363. The first-order valence-corrected chi connectivity index (χ1v) is 10.4. The van der Waals surface area contributed by atoms with Crippen molar-refractivity contribution in [2.24, 2.45) is 0 Å². The van der Waals surface area contributed by atoms with Crippen LogP contribution in [0.4, 0.5) is 21.8 Å². The number of allylic oxidation sites excluding steroid dienone is 2. The van der Waals surface area contributed by atoms with Gasteiger partial charge in [0.25, 0.3) is 0 Å². The molecular weight excluding hydrogens is 410 g/mol. The third-order valence-corrected chi connectivity index (χ3v) is 6.80. The molecule has 0 spiro atoms. The molecule has 0 amide bonds. The highest BCUT2D eigenvalue weighted by atomic mass is 19.2. The molecule has 3 heterocycles. The van der Waals surface area contributed by atoms with Crippen molar-refractivity contribution < 1.29 is 26.3 Å². The third kappa shape index (κ3) is 2.60. The monoisotopic (exact) mass is 434 g/mol. The topological polar surface area (TPSA) is 7.94 Å². The Hall–Kier alpha value is -2.64. The van der Waals surface area contributed by atoms with E-state index in [0.717, 1.165) is 32.2 Å². The summed E-state index contributed by atoms with van der Waals surface area (Å²) in [7, 11) is 0. The quantitative estimate of drug-likeness (QED) is 0.305. The maximum Gasteiger partial charge on any atom is 0.737 e. The molecule has 2 nitrogen and oxygen atoms in total. The lowest BCUT2D eigenvalue weighted by Crippen LogP contribution is -2.51. The molecule has 0 aliphatic carbocycles. The summed E-state index contributed by atoms with van der Waals surface area (Å²) >= 11 is 0. The Balaban J connectivity index is 2.27. The lowest BCUT2D eigenvalue weighted by atomic mass is 9.83. The van der Waals surface area contributed by atoms with Gasteiger partial charge >= 0.3 is 6.97 Å². The maximum absolute atomic E-state index is 16.1. The van der Waals surface area contributed by atoms with E-state index in [0.29, 0.717) is 35.4 Å². The van der Waals surface area contributed by atoms with E-state index in [1.165, 1.54) is 0 Å². The van der Waals surface area contributed by atoms with Gasteiger partial charge in [-0.2, -0.15) is 0 Å². The van der Waals surface area contributed by atoms with Crippen LogP contribution in [0.3, 0.4) is 0 Å². The lowest BCUT2D eigenvalue weighted by Gasteiger charge is -2.34. The van der Waals surface area contributed by atoms with Crippen LogP contribution in [0.15, 0.2) is 29.0 Å². The number of fused-ring (bicyclic) bond motifs is 2. The molecule has 8 heteroatoms. The highest BCUT2D eigenvalue weighted by Crippen LogP contribution is 2.47. The minimum Gasteiger partial charge on any atom is -0.393 e. The number of rotatable bonds is 3. The van der Waals surface area contributed by atoms with Crippen molar-refractivity contribution in [1.29, 1.82) is 0 Å². The zero-order valence-corrected chi connectivity index (χ0v) is 18.4. The van der Waals surface area contributed by atoms with E-state index in [-0.39, 0.29) is 22.5 Å². The van der Waals surface area contributed by atoms with Crippen LogP contribution < -0.4 is 0 Å². The average molecular weight is 434 g/mol. The van der Waals surface area contributed by atoms with Gasteiger partial charge in [0.15, 0.2) is 23.1 Å². The van der Waals surface area contributed by atoms with Gasteiger partial charge in [-0.15, -0.1) is 0 Å². The van der Waals surface area contributed by atoms with Crippen molar-refractivity contribution >= 4 is 18.3 Å². The summed E-state index contributed by atoms with van der Waals surface area (Å²) in [5.41, 5.74) is 3.77. The van der Waals surface area contributed by atoms with E-state index in [4.69, 9.17) is 0 Å². The van der Waals surface area contributed by atoms with Gasteiger partial charge in [-0.05, 0) is 62.6 Å². The molecule has 4 rings (SSSR count). The number of aromatic nitrogens is 1. The number of benzene rings is 1. The van der Waals surface area contributed by atoms with Crippen molar-refractivity contribution in [3.63, 3.8) is 0 Å². The summed E-state index contributed by atoms with van der Waals surface area (Å²) in [5, 5.41) is 0. The van der Waals surface area contributed by atoms with Crippen LogP contribution in [0, 0.1) is 31.3 Å². The molecule has 31 heavy (non-hydrogen) atoms. The minimum atomic E-state index is -4.26. The zero-order valence-electron chi connectivity index (χ0n) is 18.4. The van der Waals surface area contributed by atoms with E-state index in [9.17, 15) is 8.78 Å². The number of nitrogens with zero attached hydrogens (tertiary/aromatic N) is 2. The summed E-state index contributed by atoms with van der Waals surface area (Å²) < 4.78 is 77.0. The first-order chi connectivity index (χ1) is 14.5. The molecule has 0 radical (unpaired) electrons. The first-order valence-electron chi connectivity index (χ1n) is 10.4. The maximum atomic E-state index is 16.1. The Morgan fingerprint density at radius 1 is 0.935 bits per heavy atom.